The van der Waals surface area contributed by atoms with Gasteiger partial charge in [-0.15, -0.1) is 0 Å². The maximum Gasteiger partial charge on any atom is 0.261 e. The number of amides is 1. The molecule has 2 rings (SSSR count). The maximum absolute atomic E-state index is 12.8. The van der Waals surface area contributed by atoms with Crippen LogP contribution >= 0.6 is 15.9 Å². The first-order valence-electron chi connectivity index (χ1n) is 6.49. The second-order valence-electron chi connectivity index (χ2n) is 4.56. The van der Waals surface area contributed by atoms with Crippen LogP contribution in [0.25, 0.3) is 0 Å². The molecule has 0 fully saturated rings. The number of rotatable bonds is 5. The van der Waals surface area contributed by atoms with Crippen molar-refractivity contribution in [3.63, 3.8) is 0 Å². The lowest BCUT2D eigenvalue weighted by atomic mass is 10.2. The Morgan fingerprint density at radius 1 is 1.19 bits per heavy atom. The third-order valence-electron chi connectivity index (χ3n) is 2.88. The molecule has 2 aromatic rings. The number of hydrogen-bond donors (Lipinski definition) is 1. The van der Waals surface area contributed by atoms with E-state index in [9.17, 15) is 9.18 Å². The lowest BCUT2D eigenvalue weighted by Crippen LogP contribution is -2.35. The molecule has 0 aromatic heterocycles. The van der Waals surface area contributed by atoms with Crippen molar-refractivity contribution in [2.45, 2.75) is 19.6 Å². The highest BCUT2D eigenvalue weighted by Gasteiger charge is 2.14. The molecule has 0 aliphatic carbocycles. The normalized spacial score (nSPS) is 11.8. The second kappa shape index (κ2) is 7.22. The van der Waals surface area contributed by atoms with Crippen molar-refractivity contribution in [2.75, 3.05) is 0 Å². The van der Waals surface area contributed by atoms with Crippen molar-refractivity contribution in [1.29, 1.82) is 0 Å². The number of benzene rings is 2. The SMILES string of the molecule is CC(Oc1ccc(Br)cc1)C(=O)NCc1ccc(F)cc1. The van der Waals surface area contributed by atoms with Gasteiger partial charge in [0, 0.05) is 11.0 Å². The van der Waals surface area contributed by atoms with E-state index in [1.54, 1.807) is 31.2 Å². The van der Waals surface area contributed by atoms with E-state index in [4.69, 9.17) is 4.74 Å². The van der Waals surface area contributed by atoms with Crippen molar-refractivity contribution in [3.05, 3.63) is 64.4 Å². The number of carbonyl (C=O) groups is 1. The Morgan fingerprint density at radius 3 is 2.43 bits per heavy atom. The summed E-state index contributed by atoms with van der Waals surface area (Å²) in [7, 11) is 0. The summed E-state index contributed by atoms with van der Waals surface area (Å²) in [6, 6.07) is 13.3. The summed E-state index contributed by atoms with van der Waals surface area (Å²) in [5.41, 5.74) is 0.834. The number of halogens is 2. The van der Waals surface area contributed by atoms with Gasteiger partial charge in [-0.3, -0.25) is 4.79 Å². The average molecular weight is 352 g/mol. The summed E-state index contributed by atoms with van der Waals surface area (Å²) in [5.74, 6) is 0.113. The highest BCUT2D eigenvalue weighted by molar-refractivity contribution is 9.10. The van der Waals surface area contributed by atoms with Crippen LogP contribution in [0.2, 0.25) is 0 Å². The average Bonchev–Trinajstić information content (AvgIpc) is 2.48. The van der Waals surface area contributed by atoms with E-state index in [1.807, 2.05) is 12.1 Å². The maximum atomic E-state index is 12.8. The molecule has 0 aliphatic heterocycles. The van der Waals surface area contributed by atoms with Crippen LogP contribution in [0, 0.1) is 5.82 Å². The summed E-state index contributed by atoms with van der Waals surface area (Å²) in [6.45, 7) is 2.02. The van der Waals surface area contributed by atoms with Crippen LogP contribution in [0.5, 0.6) is 5.75 Å². The smallest absolute Gasteiger partial charge is 0.261 e. The zero-order valence-electron chi connectivity index (χ0n) is 11.5. The Hall–Kier alpha value is -1.88. The van der Waals surface area contributed by atoms with Crippen LogP contribution in [0.3, 0.4) is 0 Å². The van der Waals surface area contributed by atoms with E-state index in [-0.39, 0.29) is 11.7 Å². The molecule has 1 N–H and O–H groups in total. The standard InChI is InChI=1S/C16H15BrFNO2/c1-11(21-15-8-4-13(17)5-9-15)16(20)19-10-12-2-6-14(18)7-3-12/h2-9,11H,10H2,1H3,(H,19,20). The molecule has 3 nitrogen and oxygen atoms in total. The van der Waals surface area contributed by atoms with Gasteiger partial charge in [-0.1, -0.05) is 28.1 Å². The zero-order chi connectivity index (χ0) is 15.2. The molecule has 5 heteroatoms. The minimum absolute atomic E-state index is 0.220. The molecule has 1 amide bonds. The molecule has 0 heterocycles. The van der Waals surface area contributed by atoms with Crippen LogP contribution in [-0.4, -0.2) is 12.0 Å². The fourth-order valence-electron chi connectivity index (χ4n) is 1.71. The molecule has 0 spiro atoms. The van der Waals surface area contributed by atoms with E-state index in [0.29, 0.717) is 12.3 Å². The second-order valence-corrected chi connectivity index (χ2v) is 5.47. The molecule has 0 saturated carbocycles. The van der Waals surface area contributed by atoms with Gasteiger partial charge in [-0.2, -0.15) is 0 Å². The molecule has 0 bridgehead atoms. The first-order valence-corrected chi connectivity index (χ1v) is 7.28. The number of hydrogen-bond acceptors (Lipinski definition) is 2. The number of nitrogens with one attached hydrogen (secondary N) is 1. The highest BCUT2D eigenvalue weighted by Crippen LogP contribution is 2.17. The molecule has 110 valence electrons. The van der Waals surface area contributed by atoms with Gasteiger partial charge in [0.05, 0.1) is 0 Å². The van der Waals surface area contributed by atoms with Gasteiger partial charge in [0.1, 0.15) is 11.6 Å². The van der Waals surface area contributed by atoms with E-state index in [1.165, 1.54) is 12.1 Å². The summed E-state index contributed by atoms with van der Waals surface area (Å²) in [5, 5.41) is 2.75. The Bertz CT molecular complexity index is 599. The highest BCUT2D eigenvalue weighted by atomic mass is 79.9. The molecule has 21 heavy (non-hydrogen) atoms. The Morgan fingerprint density at radius 2 is 1.81 bits per heavy atom. The van der Waals surface area contributed by atoms with Crippen LogP contribution in [0.15, 0.2) is 53.0 Å². The molecule has 0 radical (unpaired) electrons. The molecular formula is C16H15BrFNO2. The zero-order valence-corrected chi connectivity index (χ0v) is 13.1. The third-order valence-corrected chi connectivity index (χ3v) is 3.40. The van der Waals surface area contributed by atoms with Gasteiger partial charge in [-0.25, -0.2) is 4.39 Å². The first kappa shape index (κ1) is 15.5. The number of ether oxygens (including phenoxy) is 1. The summed E-state index contributed by atoms with van der Waals surface area (Å²) in [4.78, 5) is 11.9. The van der Waals surface area contributed by atoms with Gasteiger partial charge in [0.15, 0.2) is 6.10 Å². The Balaban J connectivity index is 1.84. The van der Waals surface area contributed by atoms with Crippen molar-refractivity contribution in [1.82, 2.24) is 5.32 Å². The number of carbonyl (C=O) groups excluding carboxylic acids is 1. The van der Waals surface area contributed by atoms with Gasteiger partial charge in [0.2, 0.25) is 0 Å². The summed E-state index contributed by atoms with van der Waals surface area (Å²) < 4.78 is 19.3. The van der Waals surface area contributed by atoms with Crippen LogP contribution in [0.4, 0.5) is 4.39 Å². The molecule has 0 aliphatic rings. The van der Waals surface area contributed by atoms with E-state index in [2.05, 4.69) is 21.2 Å². The first-order chi connectivity index (χ1) is 10.0. The van der Waals surface area contributed by atoms with Crippen LogP contribution < -0.4 is 10.1 Å². The lowest BCUT2D eigenvalue weighted by Gasteiger charge is -2.14. The van der Waals surface area contributed by atoms with Crippen molar-refractivity contribution >= 4 is 21.8 Å². The Kier molecular flexibility index (Phi) is 5.33. The molecule has 2 aromatic carbocycles. The quantitative estimate of drug-likeness (QED) is 0.892. The van der Waals surface area contributed by atoms with Gasteiger partial charge in [-0.05, 0) is 48.9 Å². The molecule has 0 saturated heterocycles. The topological polar surface area (TPSA) is 38.3 Å². The van der Waals surface area contributed by atoms with Gasteiger partial charge < -0.3 is 10.1 Å². The molecule has 1 atom stereocenters. The van der Waals surface area contributed by atoms with E-state index < -0.39 is 6.10 Å². The predicted octanol–water partition coefficient (Wildman–Crippen LogP) is 3.67. The monoisotopic (exact) mass is 351 g/mol. The lowest BCUT2D eigenvalue weighted by molar-refractivity contribution is -0.127. The van der Waals surface area contributed by atoms with Crippen molar-refractivity contribution in [3.8, 4) is 5.75 Å². The van der Waals surface area contributed by atoms with Gasteiger partial charge >= 0.3 is 0 Å². The van der Waals surface area contributed by atoms with Crippen molar-refractivity contribution < 1.29 is 13.9 Å². The molecule has 1 unspecified atom stereocenters. The van der Waals surface area contributed by atoms with Crippen LogP contribution in [-0.2, 0) is 11.3 Å². The fraction of sp³-hybridized carbons (Fsp3) is 0.188. The largest absolute Gasteiger partial charge is 0.481 e. The minimum atomic E-state index is -0.605. The molecular weight excluding hydrogens is 337 g/mol. The third kappa shape index (κ3) is 4.86. The fourth-order valence-corrected chi connectivity index (χ4v) is 1.97. The van der Waals surface area contributed by atoms with E-state index in [0.717, 1.165) is 10.0 Å². The summed E-state index contributed by atoms with van der Waals surface area (Å²) in [6.07, 6.45) is -0.605. The Labute approximate surface area is 131 Å². The van der Waals surface area contributed by atoms with E-state index >= 15 is 0 Å². The van der Waals surface area contributed by atoms with Gasteiger partial charge in [0.25, 0.3) is 5.91 Å². The van der Waals surface area contributed by atoms with Crippen molar-refractivity contribution in [2.24, 2.45) is 0 Å². The predicted molar refractivity (Wildman–Crippen MR) is 82.5 cm³/mol. The van der Waals surface area contributed by atoms with Crippen LogP contribution in [0.1, 0.15) is 12.5 Å². The minimum Gasteiger partial charge on any atom is -0.481 e. The summed E-state index contributed by atoms with van der Waals surface area (Å²) >= 11 is 3.33.